The van der Waals surface area contributed by atoms with Crippen LogP contribution in [0.3, 0.4) is 0 Å². The van der Waals surface area contributed by atoms with E-state index in [1.165, 1.54) is 0 Å². The normalized spacial score (nSPS) is 9.70. The van der Waals surface area contributed by atoms with Crippen molar-refractivity contribution in [2.75, 3.05) is 6.61 Å². The molecule has 0 radical (unpaired) electrons. The number of aliphatic hydroxyl groups is 1. The van der Waals surface area contributed by atoms with Crippen LogP contribution in [0.5, 0.6) is 0 Å². The van der Waals surface area contributed by atoms with Crippen LogP contribution < -0.4 is 0 Å². The molecule has 0 aliphatic heterocycles. The number of benzene rings is 2. The van der Waals surface area contributed by atoms with E-state index in [2.05, 4.69) is 4.98 Å². The fraction of sp³-hybridized carbons (Fsp3) is 0.143. The molecule has 142 valence electrons. The summed E-state index contributed by atoms with van der Waals surface area (Å²) >= 11 is 0. The lowest BCUT2D eigenvalue weighted by Gasteiger charge is -2.17. The highest BCUT2D eigenvalue weighted by Crippen LogP contribution is 2.25. The third-order valence-corrected chi connectivity index (χ3v) is 3.47. The summed E-state index contributed by atoms with van der Waals surface area (Å²) < 4.78 is 5.48. The number of hydrogen-bond donors (Lipinski definition) is 2. The number of aliphatic carboxylic acids is 1. The van der Waals surface area contributed by atoms with E-state index < -0.39 is 5.97 Å². The first kappa shape index (κ1) is 22.3. The number of ether oxygens (including phenoxy) is 1. The van der Waals surface area contributed by atoms with Gasteiger partial charge in [0.2, 0.25) is 0 Å². The van der Waals surface area contributed by atoms with Crippen molar-refractivity contribution in [1.29, 1.82) is 0 Å². The molecule has 0 bridgehead atoms. The molecule has 0 amide bonds. The van der Waals surface area contributed by atoms with Gasteiger partial charge >= 0.3 is 5.97 Å². The zero-order valence-electron chi connectivity index (χ0n) is 14.6. The Kier molecular flexibility index (Phi) is 10.4. The molecule has 0 fully saturated rings. The van der Waals surface area contributed by atoms with Gasteiger partial charge in [0.25, 0.3) is 0 Å². The highest BCUT2D eigenvalue weighted by Gasteiger charge is 2.15. The maximum absolute atomic E-state index is 10.6. The molecule has 0 atom stereocenters. The van der Waals surface area contributed by atoms with Crippen LogP contribution in [0, 0.1) is 0 Å². The second kappa shape index (κ2) is 12.6. The zero-order valence-corrected chi connectivity index (χ0v) is 15.5. The lowest BCUT2D eigenvalue weighted by atomic mass is 10.0. The fourth-order valence-corrected chi connectivity index (χ4v) is 2.29. The van der Waals surface area contributed by atoms with Crippen LogP contribution in [0.4, 0.5) is 0 Å². The second-order valence-corrected chi connectivity index (χ2v) is 5.39. The van der Waals surface area contributed by atoms with Crippen LogP contribution in [0.2, 0.25) is 0 Å². The molecule has 0 aliphatic rings. The number of nitrogens with zero attached hydrogens (tertiary/aromatic N) is 1. The topological polar surface area (TPSA) is 79.7 Å². The monoisotopic (exact) mass is 387 g/mol. The summed E-state index contributed by atoms with van der Waals surface area (Å²) in [5.41, 5.74) is 2.61. The van der Waals surface area contributed by atoms with Gasteiger partial charge in [0.15, 0.2) is 0 Å². The van der Waals surface area contributed by atoms with Crippen molar-refractivity contribution >= 4 is 18.4 Å². The fourth-order valence-electron chi connectivity index (χ4n) is 2.29. The third kappa shape index (κ3) is 8.00. The molecule has 3 aromatic rings. The Morgan fingerprint density at radius 3 is 1.78 bits per heavy atom. The first-order valence-corrected chi connectivity index (χ1v) is 8.14. The summed E-state index contributed by atoms with van der Waals surface area (Å²) in [6.45, 7) is -0.282. The van der Waals surface area contributed by atoms with E-state index in [4.69, 9.17) is 14.9 Å². The Balaban J connectivity index is 0.000000342. The minimum atomic E-state index is -0.966. The van der Waals surface area contributed by atoms with Gasteiger partial charge in [0.1, 0.15) is 12.7 Å². The Bertz CT molecular complexity index is 730. The molecule has 0 unspecified atom stereocenters. The third-order valence-electron chi connectivity index (χ3n) is 3.47. The smallest absolute Gasteiger partial charge is 0.329 e. The minimum Gasteiger partial charge on any atom is -0.480 e. The van der Waals surface area contributed by atoms with Crippen molar-refractivity contribution in [2.24, 2.45) is 0 Å². The Morgan fingerprint density at radius 2 is 1.41 bits per heavy atom. The first-order chi connectivity index (χ1) is 12.7. The second-order valence-electron chi connectivity index (χ2n) is 5.39. The SMILES string of the molecule is Cl.O=C(O)COC(c1ccccc1)c1ccccc1.OCc1ccccn1. The molecule has 1 heterocycles. The Hall–Kier alpha value is -2.73. The van der Waals surface area contributed by atoms with E-state index in [-0.39, 0.29) is 31.7 Å². The van der Waals surface area contributed by atoms with Gasteiger partial charge in [-0.25, -0.2) is 4.79 Å². The summed E-state index contributed by atoms with van der Waals surface area (Å²) in [4.78, 5) is 14.5. The van der Waals surface area contributed by atoms with Crippen molar-refractivity contribution in [3.05, 3.63) is 102 Å². The maximum Gasteiger partial charge on any atom is 0.329 e. The summed E-state index contributed by atoms with van der Waals surface area (Å²) in [6.07, 6.45) is 1.31. The van der Waals surface area contributed by atoms with Gasteiger partial charge in [0.05, 0.1) is 12.3 Å². The van der Waals surface area contributed by atoms with E-state index in [0.717, 1.165) is 11.1 Å². The predicted octanol–water partition coefficient (Wildman–Crippen LogP) is 3.87. The van der Waals surface area contributed by atoms with Gasteiger partial charge < -0.3 is 14.9 Å². The van der Waals surface area contributed by atoms with E-state index in [1.54, 1.807) is 12.3 Å². The van der Waals surface area contributed by atoms with Crippen molar-refractivity contribution < 1.29 is 19.7 Å². The molecular weight excluding hydrogens is 366 g/mol. The number of carbonyl (C=O) groups is 1. The lowest BCUT2D eigenvalue weighted by Crippen LogP contribution is -2.13. The number of carboxylic acid groups (broad SMARTS) is 1. The van der Waals surface area contributed by atoms with Gasteiger partial charge in [-0.15, -0.1) is 12.4 Å². The number of halogens is 1. The minimum absolute atomic E-state index is 0. The van der Waals surface area contributed by atoms with Gasteiger partial charge in [-0.05, 0) is 23.3 Å². The van der Waals surface area contributed by atoms with E-state index in [9.17, 15) is 4.79 Å². The largest absolute Gasteiger partial charge is 0.480 e. The number of aromatic nitrogens is 1. The average Bonchev–Trinajstić information content (AvgIpc) is 2.71. The van der Waals surface area contributed by atoms with Gasteiger partial charge in [-0.3, -0.25) is 4.98 Å². The van der Waals surface area contributed by atoms with Gasteiger partial charge in [-0.2, -0.15) is 0 Å². The van der Waals surface area contributed by atoms with Crippen molar-refractivity contribution in [3.8, 4) is 0 Å². The van der Waals surface area contributed by atoms with Crippen LogP contribution in [-0.2, 0) is 16.1 Å². The van der Waals surface area contributed by atoms with Crippen LogP contribution in [0.25, 0.3) is 0 Å². The summed E-state index contributed by atoms with van der Waals surface area (Å²) in [5.74, 6) is -0.966. The highest BCUT2D eigenvalue weighted by molar-refractivity contribution is 5.85. The number of hydrogen-bond acceptors (Lipinski definition) is 4. The summed E-state index contributed by atoms with van der Waals surface area (Å²) in [5, 5.41) is 17.2. The predicted molar refractivity (Wildman–Crippen MR) is 106 cm³/mol. The molecule has 6 heteroatoms. The van der Waals surface area contributed by atoms with Crippen LogP contribution in [0.15, 0.2) is 85.1 Å². The molecule has 3 rings (SSSR count). The molecule has 27 heavy (non-hydrogen) atoms. The van der Waals surface area contributed by atoms with Crippen LogP contribution >= 0.6 is 12.4 Å². The summed E-state index contributed by atoms with van der Waals surface area (Å²) in [7, 11) is 0. The van der Waals surface area contributed by atoms with Crippen LogP contribution in [0.1, 0.15) is 22.9 Å². The van der Waals surface area contributed by atoms with Crippen molar-refractivity contribution in [2.45, 2.75) is 12.7 Å². The number of pyridine rings is 1. The molecule has 0 spiro atoms. The summed E-state index contributed by atoms with van der Waals surface area (Å²) in [6, 6.07) is 24.6. The molecule has 1 aromatic heterocycles. The Morgan fingerprint density at radius 1 is 0.889 bits per heavy atom. The molecule has 2 aromatic carbocycles. The average molecular weight is 388 g/mol. The van der Waals surface area contributed by atoms with Crippen molar-refractivity contribution in [1.82, 2.24) is 4.98 Å². The van der Waals surface area contributed by atoms with Gasteiger partial charge in [-0.1, -0.05) is 66.7 Å². The first-order valence-electron chi connectivity index (χ1n) is 8.14. The molecule has 5 nitrogen and oxygen atoms in total. The van der Waals surface area contributed by atoms with Gasteiger partial charge in [0, 0.05) is 6.20 Å². The molecule has 2 N–H and O–H groups in total. The van der Waals surface area contributed by atoms with E-state index in [0.29, 0.717) is 5.69 Å². The number of carboxylic acids is 1. The zero-order chi connectivity index (χ0) is 18.6. The maximum atomic E-state index is 10.6. The highest BCUT2D eigenvalue weighted by atomic mass is 35.5. The van der Waals surface area contributed by atoms with Crippen LogP contribution in [-0.4, -0.2) is 27.8 Å². The number of aliphatic hydroxyl groups excluding tert-OH is 1. The quantitative estimate of drug-likeness (QED) is 0.671. The Labute approximate surface area is 164 Å². The molecular formula is C21H22ClNO4. The number of rotatable bonds is 6. The van der Waals surface area contributed by atoms with Crippen molar-refractivity contribution in [3.63, 3.8) is 0 Å². The standard InChI is InChI=1S/C15H14O3.C6H7NO.ClH/c16-14(17)11-18-15(12-7-3-1-4-8-12)13-9-5-2-6-10-13;8-5-6-3-1-2-4-7-6;/h1-10,15H,11H2,(H,16,17);1-4,8H,5H2;1H. The lowest BCUT2D eigenvalue weighted by molar-refractivity contribution is -0.143. The van der Waals surface area contributed by atoms with E-state index in [1.807, 2.05) is 72.8 Å². The molecule has 0 aliphatic carbocycles. The van der Waals surface area contributed by atoms with E-state index >= 15 is 0 Å². The molecule has 0 saturated heterocycles. The molecule has 0 saturated carbocycles.